The first-order valence-electron chi connectivity index (χ1n) is 4.87. The Balaban J connectivity index is -0.000000256. The van der Waals surface area contributed by atoms with Crippen LogP contribution in [0.3, 0.4) is 0 Å². The minimum Gasteiger partial charge on any atom is -0.635 e. The largest absolute Gasteiger partial charge is 2.00 e. The van der Waals surface area contributed by atoms with Crippen LogP contribution in [0.15, 0.2) is 0 Å². The van der Waals surface area contributed by atoms with Gasteiger partial charge in [0.2, 0.25) is 0 Å². The van der Waals surface area contributed by atoms with Gasteiger partial charge in [-0.25, -0.2) is 0 Å². The van der Waals surface area contributed by atoms with Crippen LogP contribution in [-0.4, -0.2) is 84.2 Å². The Morgan fingerprint density at radius 3 is 1.11 bits per heavy atom. The van der Waals surface area contributed by atoms with Crippen LogP contribution < -0.4 is 21.2 Å². The number of aliphatic hydroxyl groups excluding tert-OH is 2. The van der Waals surface area contributed by atoms with Crippen LogP contribution in [0.1, 0.15) is 13.8 Å². The third-order valence-corrected chi connectivity index (χ3v) is 1.88. The summed E-state index contributed by atoms with van der Waals surface area (Å²) < 4.78 is 0. The van der Waals surface area contributed by atoms with Gasteiger partial charge in [0.05, 0.1) is 0 Å². The molecule has 0 rings (SSSR count). The predicted molar refractivity (Wildman–Crippen MR) is 57.3 cm³/mol. The Labute approximate surface area is 139 Å². The van der Waals surface area contributed by atoms with Crippen molar-refractivity contribution in [1.29, 1.82) is 0 Å². The molecular weight excluding hydrogens is 292 g/mol. The van der Waals surface area contributed by atoms with Gasteiger partial charge < -0.3 is 51.4 Å². The Hall–Kier alpha value is -0.0403. The molecule has 0 spiro atoms. The number of carboxylic acid groups (broad SMARTS) is 2. The molecule has 0 fully saturated rings. The number of quaternary nitrogens is 2. The molecule has 0 aliphatic carbocycles. The maximum absolute atomic E-state index is 9.87. The molecule has 0 aromatic rings. The first kappa shape index (κ1) is 24.0. The van der Waals surface area contributed by atoms with Crippen molar-refractivity contribution in [2.45, 2.75) is 38.1 Å². The van der Waals surface area contributed by atoms with Crippen molar-refractivity contribution in [2.75, 3.05) is 0 Å². The summed E-state index contributed by atoms with van der Waals surface area (Å²) in [7, 11) is 0. The molecule has 0 amide bonds. The van der Waals surface area contributed by atoms with Gasteiger partial charge in [-0.3, -0.25) is 0 Å². The monoisotopic (exact) mass is 308 g/mol. The number of carbonyl (C=O) groups excluding carboxylic acids is 2. The molecule has 0 saturated heterocycles. The fraction of sp³-hybridized carbons (Fsp3) is 0.750. The Morgan fingerprint density at radius 2 is 1.11 bits per heavy atom. The maximum atomic E-state index is 9.87. The number of carboxylic acids is 2. The second kappa shape index (κ2) is 13.0. The fourth-order valence-corrected chi connectivity index (χ4v) is 0.732. The molecule has 0 radical (unpaired) electrons. The van der Waals surface area contributed by atoms with Gasteiger partial charge in [0, 0.05) is 0 Å². The quantitative estimate of drug-likeness (QED) is 0.273. The minimum absolute atomic E-state index is 0. The second-order valence-corrected chi connectivity index (χ2v) is 3.44. The molecule has 6 N–H and O–H groups in total. The number of hydrogen-bond acceptors (Lipinski definition) is 8. The van der Waals surface area contributed by atoms with Crippen LogP contribution in [0.2, 0.25) is 0 Å². The number of hydrogen-bond donors (Lipinski definition) is 4. The van der Waals surface area contributed by atoms with Crippen LogP contribution in [0.25, 0.3) is 0 Å². The predicted octanol–water partition coefficient (Wildman–Crippen LogP) is -7.29. The average molecular weight is 308 g/mol. The summed E-state index contributed by atoms with van der Waals surface area (Å²) in [6.07, 6.45) is -2.35. The van der Waals surface area contributed by atoms with E-state index in [1.54, 1.807) is 0 Å². The van der Waals surface area contributed by atoms with Crippen molar-refractivity contribution in [1.82, 2.24) is 0 Å². The summed E-state index contributed by atoms with van der Waals surface area (Å²) in [5.74, 6) is -3.08. The summed E-state index contributed by atoms with van der Waals surface area (Å²) >= 11 is 0. The van der Waals surface area contributed by atoms with Crippen molar-refractivity contribution in [3.63, 3.8) is 0 Å². The first-order chi connectivity index (χ1) is 8.18. The zero-order valence-electron chi connectivity index (χ0n) is 10.5. The second-order valence-electron chi connectivity index (χ2n) is 3.44. The molecule has 0 heterocycles. The number of rotatable bonds is 6. The topological polar surface area (TPSA) is 200 Å². The molecule has 0 saturated carbocycles. The van der Waals surface area contributed by atoms with Gasteiger partial charge in [0.1, 0.15) is 24.1 Å². The molecule has 0 unspecified atom stereocenters. The van der Waals surface area contributed by atoms with Gasteiger partial charge in [-0.2, -0.15) is 0 Å². The molecule has 0 aromatic heterocycles. The summed E-state index contributed by atoms with van der Waals surface area (Å²) in [5, 5.41) is 56.4. The SMILES string of the molecule is C[C@@H](O)[C@H]([NH2+][O-])C(=O)[O-].C[C@@H](O)[C@H]([NH2+][O-])C(=O)[O-].[Ca+2]. The minimum atomic E-state index is -1.54. The number of nitrogens with two attached hydrogens (primary N) is 2. The van der Waals surface area contributed by atoms with Gasteiger partial charge in [-0.05, 0) is 13.8 Å². The van der Waals surface area contributed by atoms with E-state index in [4.69, 9.17) is 10.2 Å². The van der Waals surface area contributed by atoms with E-state index in [0.717, 1.165) is 0 Å². The summed E-state index contributed by atoms with van der Waals surface area (Å²) in [6.45, 7) is 2.43. The third kappa shape index (κ3) is 11.5. The van der Waals surface area contributed by atoms with E-state index < -0.39 is 36.2 Å². The Bertz CT molecular complexity index is 237. The van der Waals surface area contributed by atoms with Gasteiger partial charge >= 0.3 is 37.7 Å². The van der Waals surface area contributed by atoms with E-state index in [9.17, 15) is 30.2 Å². The van der Waals surface area contributed by atoms with E-state index in [1.807, 2.05) is 0 Å². The average Bonchev–Trinajstić information content (AvgIpc) is 2.17. The molecule has 11 heteroatoms. The molecule has 0 aromatic carbocycles. The van der Waals surface area contributed by atoms with Crippen LogP contribution >= 0.6 is 0 Å². The molecule has 108 valence electrons. The van der Waals surface area contributed by atoms with Gasteiger partial charge in [-0.15, -0.1) is 0 Å². The van der Waals surface area contributed by atoms with Crippen molar-refractivity contribution in [2.24, 2.45) is 0 Å². The molecule has 4 atom stereocenters. The molecule has 19 heavy (non-hydrogen) atoms. The molecule has 0 aliphatic heterocycles. The zero-order chi connectivity index (χ0) is 14.9. The van der Waals surface area contributed by atoms with Gasteiger partial charge in [0.25, 0.3) is 0 Å². The van der Waals surface area contributed by atoms with Gasteiger partial charge in [0.15, 0.2) is 12.1 Å². The molecule has 10 nitrogen and oxygen atoms in total. The van der Waals surface area contributed by atoms with Crippen LogP contribution in [0, 0.1) is 10.4 Å². The summed E-state index contributed by atoms with van der Waals surface area (Å²) in [5.41, 5.74) is 0.306. The number of carbonyl (C=O) groups is 2. The van der Waals surface area contributed by atoms with E-state index in [0.29, 0.717) is 0 Å². The van der Waals surface area contributed by atoms with Crippen LogP contribution in [0.4, 0.5) is 0 Å². The Morgan fingerprint density at radius 1 is 0.895 bits per heavy atom. The first-order valence-corrected chi connectivity index (χ1v) is 4.87. The Kier molecular flexibility index (Phi) is 16.4. The standard InChI is InChI=1S/2C4H9NO4.Ca/c2*1-2(6)3(5-9)4(7)8;/h2*2-3,6H,5H2,1H3,(H,7,8);/q;;+2/p-2/t2*2-,3+;/m11./s1. The summed E-state index contributed by atoms with van der Waals surface area (Å²) in [6, 6.07) is -2.80. The normalized spacial score (nSPS) is 15.9. The molecule has 0 aliphatic rings. The third-order valence-electron chi connectivity index (χ3n) is 1.88. The number of aliphatic hydroxyl groups is 2. The maximum Gasteiger partial charge on any atom is 2.00 e. The zero-order valence-corrected chi connectivity index (χ0v) is 12.7. The van der Waals surface area contributed by atoms with Crippen LogP contribution in [0.5, 0.6) is 0 Å². The molecular formula is C8H16CaN2O8. The smallest absolute Gasteiger partial charge is 0.635 e. The number of aliphatic carboxylic acids is 2. The van der Waals surface area contributed by atoms with Crippen molar-refractivity contribution >= 4 is 49.7 Å². The molecule has 0 bridgehead atoms. The fourth-order valence-electron chi connectivity index (χ4n) is 0.732. The van der Waals surface area contributed by atoms with E-state index in [2.05, 4.69) is 0 Å². The van der Waals surface area contributed by atoms with E-state index in [1.165, 1.54) is 13.8 Å². The van der Waals surface area contributed by atoms with Crippen molar-refractivity contribution in [3.05, 3.63) is 10.4 Å². The van der Waals surface area contributed by atoms with Crippen molar-refractivity contribution < 1.29 is 41.0 Å². The summed E-state index contributed by atoms with van der Waals surface area (Å²) in [4.78, 5) is 19.7. The van der Waals surface area contributed by atoms with Crippen LogP contribution in [-0.2, 0) is 9.59 Å². The van der Waals surface area contributed by atoms with E-state index >= 15 is 0 Å². The van der Waals surface area contributed by atoms with Crippen molar-refractivity contribution in [3.8, 4) is 0 Å². The van der Waals surface area contributed by atoms with E-state index in [-0.39, 0.29) is 48.7 Å². The number of hydroxylamine groups is 2. The van der Waals surface area contributed by atoms with Gasteiger partial charge in [-0.1, -0.05) is 0 Å².